The molecule has 1 saturated carbocycles. The van der Waals surface area contributed by atoms with Gasteiger partial charge in [-0.3, -0.25) is 4.79 Å². The minimum absolute atomic E-state index is 0.0931. The molecule has 0 bridgehead atoms. The first-order chi connectivity index (χ1) is 10.6. The van der Waals surface area contributed by atoms with Gasteiger partial charge in [0, 0.05) is 0 Å². The molecule has 0 amide bonds. The molecule has 4 nitrogen and oxygen atoms in total. The quantitative estimate of drug-likeness (QED) is 0.784. The number of esters is 1. The predicted molar refractivity (Wildman–Crippen MR) is 82.3 cm³/mol. The van der Waals surface area contributed by atoms with Gasteiger partial charge < -0.3 is 9.47 Å². The first kappa shape index (κ1) is 14.8. The molecule has 0 radical (unpaired) electrons. The number of ketones is 1. The van der Waals surface area contributed by atoms with Crippen molar-refractivity contribution in [3.8, 4) is 0 Å². The number of allylic oxidation sites excluding steroid dienone is 1. The van der Waals surface area contributed by atoms with Crippen LogP contribution >= 0.6 is 0 Å². The van der Waals surface area contributed by atoms with Gasteiger partial charge in [0.1, 0.15) is 5.76 Å². The second kappa shape index (κ2) is 5.59. The van der Waals surface area contributed by atoms with Gasteiger partial charge in [0.15, 0.2) is 5.60 Å². The summed E-state index contributed by atoms with van der Waals surface area (Å²) in [6, 6.07) is 6.93. The Morgan fingerprint density at radius 1 is 1.14 bits per heavy atom. The molecule has 1 aromatic carbocycles. The Morgan fingerprint density at radius 2 is 1.77 bits per heavy atom. The molecule has 0 saturated heterocycles. The van der Waals surface area contributed by atoms with E-state index in [0.29, 0.717) is 16.9 Å². The standard InChI is InChI=1S/C18H20O4/c1-12-15(13-6-8-14(9-7-13)17(20)21-2)16(19)18(22-12)10-4-3-5-11-18/h6-9H,3-5,10-11H2,1-2H3. The van der Waals surface area contributed by atoms with Crippen LogP contribution in [0.3, 0.4) is 0 Å². The van der Waals surface area contributed by atoms with Gasteiger partial charge in [0.05, 0.1) is 18.2 Å². The van der Waals surface area contributed by atoms with Crippen LogP contribution in [0.1, 0.15) is 54.9 Å². The largest absolute Gasteiger partial charge is 0.483 e. The summed E-state index contributed by atoms with van der Waals surface area (Å²) in [7, 11) is 1.35. The third-order valence-electron chi connectivity index (χ3n) is 4.60. The van der Waals surface area contributed by atoms with Crippen molar-refractivity contribution in [2.45, 2.75) is 44.6 Å². The van der Waals surface area contributed by atoms with Crippen molar-refractivity contribution in [1.82, 2.24) is 0 Å². The molecule has 2 aliphatic rings. The highest BCUT2D eigenvalue weighted by atomic mass is 16.5. The number of hydrogen-bond donors (Lipinski definition) is 0. The molecule has 1 aliphatic heterocycles. The zero-order valence-electron chi connectivity index (χ0n) is 13.0. The molecule has 116 valence electrons. The third-order valence-corrected chi connectivity index (χ3v) is 4.60. The van der Waals surface area contributed by atoms with Gasteiger partial charge >= 0.3 is 5.97 Å². The summed E-state index contributed by atoms with van der Waals surface area (Å²) >= 11 is 0. The summed E-state index contributed by atoms with van der Waals surface area (Å²) in [5.74, 6) is 0.406. The van der Waals surface area contributed by atoms with E-state index in [1.54, 1.807) is 24.3 Å². The minimum atomic E-state index is -0.640. The van der Waals surface area contributed by atoms with Crippen molar-refractivity contribution in [3.05, 3.63) is 41.2 Å². The molecule has 0 unspecified atom stereocenters. The van der Waals surface area contributed by atoms with E-state index in [-0.39, 0.29) is 11.8 Å². The Bertz CT molecular complexity index is 634. The second-order valence-corrected chi connectivity index (χ2v) is 5.99. The Balaban J connectivity index is 1.89. The van der Waals surface area contributed by atoms with Crippen LogP contribution in [-0.2, 0) is 14.3 Å². The maximum atomic E-state index is 12.9. The van der Waals surface area contributed by atoms with E-state index in [2.05, 4.69) is 0 Å². The van der Waals surface area contributed by atoms with Crippen molar-refractivity contribution < 1.29 is 19.1 Å². The molecule has 0 N–H and O–H groups in total. The van der Waals surface area contributed by atoms with E-state index in [1.165, 1.54) is 13.5 Å². The molecule has 1 heterocycles. The monoisotopic (exact) mass is 300 g/mol. The van der Waals surface area contributed by atoms with Crippen LogP contribution in [0.25, 0.3) is 5.57 Å². The van der Waals surface area contributed by atoms with E-state index in [9.17, 15) is 9.59 Å². The van der Waals surface area contributed by atoms with Crippen molar-refractivity contribution in [2.75, 3.05) is 7.11 Å². The van der Waals surface area contributed by atoms with E-state index < -0.39 is 5.60 Å². The molecule has 1 fully saturated rings. The number of rotatable bonds is 2. The second-order valence-electron chi connectivity index (χ2n) is 5.99. The summed E-state index contributed by atoms with van der Waals surface area (Å²) in [6.45, 7) is 1.85. The van der Waals surface area contributed by atoms with E-state index in [4.69, 9.17) is 9.47 Å². The van der Waals surface area contributed by atoms with Crippen LogP contribution in [0.15, 0.2) is 30.0 Å². The number of methoxy groups -OCH3 is 1. The number of carbonyl (C=O) groups excluding carboxylic acids is 2. The van der Waals surface area contributed by atoms with Crippen LogP contribution < -0.4 is 0 Å². The average Bonchev–Trinajstić information content (AvgIpc) is 2.78. The fraction of sp³-hybridized carbons (Fsp3) is 0.444. The Morgan fingerprint density at radius 3 is 2.36 bits per heavy atom. The summed E-state index contributed by atoms with van der Waals surface area (Å²) in [5, 5.41) is 0. The molecule has 22 heavy (non-hydrogen) atoms. The first-order valence-electron chi connectivity index (χ1n) is 7.71. The van der Waals surface area contributed by atoms with Crippen molar-refractivity contribution >= 4 is 17.3 Å². The average molecular weight is 300 g/mol. The van der Waals surface area contributed by atoms with Crippen LogP contribution in [0.2, 0.25) is 0 Å². The van der Waals surface area contributed by atoms with Gasteiger partial charge in [0.2, 0.25) is 5.78 Å². The van der Waals surface area contributed by atoms with Crippen molar-refractivity contribution in [3.63, 3.8) is 0 Å². The van der Waals surface area contributed by atoms with Gasteiger partial charge in [-0.15, -0.1) is 0 Å². The summed E-state index contributed by atoms with van der Waals surface area (Å²) in [5.41, 5.74) is 1.29. The SMILES string of the molecule is COC(=O)c1ccc(C2=C(C)OC3(CCCCC3)C2=O)cc1. The topological polar surface area (TPSA) is 52.6 Å². The Hall–Kier alpha value is -2.10. The molecular weight excluding hydrogens is 280 g/mol. The molecule has 1 aromatic rings. The Kier molecular flexibility index (Phi) is 3.77. The van der Waals surface area contributed by atoms with Gasteiger partial charge in [0.25, 0.3) is 0 Å². The highest BCUT2D eigenvalue weighted by molar-refractivity contribution is 6.27. The van der Waals surface area contributed by atoms with E-state index >= 15 is 0 Å². The highest BCUT2D eigenvalue weighted by Crippen LogP contribution is 2.44. The summed E-state index contributed by atoms with van der Waals surface area (Å²) < 4.78 is 10.7. The maximum Gasteiger partial charge on any atom is 0.337 e. The Labute approximate surface area is 130 Å². The van der Waals surface area contributed by atoms with Gasteiger partial charge in [-0.1, -0.05) is 18.6 Å². The van der Waals surface area contributed by atoms with Crippen molar-refractivity contribution in [2.24, 2.45) is 0 Å². The molecular formula is C18H20O4. The lowest BCUT2D eigenvalue weighted by molar-refractivity contribution is -0.132. The summed E-state index contributed by atoms with van der Waals surface area (Å²) in [6.07, 6.45) is 4.83. The van der Waals surface area contributed by atoms with Crippen LogP contribution in [0.5, 0.6) is 0 Å². The zero-order valence-corrected chi connectivity index (χ0v) is 13.0. The minimum Gasteiger partial charge on any atom is -0.483 e. The normalized spacial score (nSPS) is 20.2. The van der Waals surface area contributed by atoms with E-state index in [0.717, 1.165) is 31.2 Å². The predicted octanol–water partition coefficient (Wildman–Crippen LogP) is 3.51. The van der Waals surface area contributed by atoms with Crippen molar-refractivity contribution in [1.29, 1.82) is 0 Å². The van der Waals surface area contributed by atoms with Gasteiger partial charge in [-0.2, -0.15) is 0 Å². The molecule has 1 aliphatic carbocycles. The van der Waals surface area contributed by atoms with Gasteiger partial charge in [-0.25, -0.2) is 4.79 Å². The maximum absolute atomic E-state index is 12.9. The molecule has 1 spiro atoms. The first-order valence-corrected chi connectivity index (χ1v) is 7.71. The lowest BCUT2D eigenvalue weighted by atomic mass is 9.79. The fourth-order valence-corrected chi connectivity index (χ4v) is 3.46. The molecule has 0 aromatic heterocycles. The molecule has 3 rings (SSSR count). The third kappa shape index (κ3) is 2.32. The van der Waals surface area contributed by atoms with Crippen LogP contribution in [-0.4, -0.2) is 24.5 Å². The zero-order chi connectivity index (χ0) is 15.7. The number of Topliss-reactive ketones (excluding diaryl/α,β-unsaturated/α-hetero) is 1. The van der Waals surface area contributed by atoms with E-state index in [1.807, 2.05) is 6.92 Å². The number of benzene rings is 1. The lowest BCUT2D eigenvalue weighted by Gasteiger charge is -2.31. The van der Waals surface area contributed by atoms with Gasteiger partial charge in [-0.05, 0) is 50.3 Å². The highest BCUT2D eigenvalue weighted by Gasteiger charge is 2.48. The number of hydrogen-bond acceptors (Lipinski definition) is 4. The smallest absolute Gasteiger partial charge is 0.337 e. The number of ether oxygens (including phenoxy) is 2. The van der Waals surface area contributed by atoms with Crippen LogP contribution in [0.4, 0.5) is 0 Å². The fourth-order valence-electron chi connectivity index (χ4n) is 3.46. The number of carbonyl (C=O) groups is 2. The molecule has 4 heteroatoms. The summed E-state index contributed by atoms with van der Waals surface area (Å²) in [4.78, 5) is 24.4. The van der Waals surface area contributed by atoms with Crippen LogP contribution in [0, 0.1) is 0 Å². The molecule has 0 atom stereocenters. The lowest BCUT2D eigenvalue weighted by Crippen LogP contribution is -2.39.